The van der Waals surface area contributed by atoms with E-state index in [-0.39, 0.29) is 70.6 Å². The molecule has 6 heteroatoms. The second kappa shape index (κ2) is 48.5. The van der Waals surface area contributed by atoms with E-state index in [1.165, 1.54) is 0 Å². The molecular weight excluding hydrogens is 243 g/mol. The molecule has 0 atom stereocenters. The molecule has 0 amide bonds. The van der Waals surface area contributed by atoms with Gasteiger partial charge in [-0.25, -0.2) is 0 Å². The van der Waals surface area contributed by atoms with Crippen LogP contribution in [0.5, 0.6) is 0 Å². The van der Waals surface area contributed by atoms with Crippen molar-refractivity contribution in [3.8, 4) is 0 Å². The molecule has 0 rings (SSSR count). The van der Waals surface area contributed by atoms with Crippen molar-refractivity contribution in [2.45, 2.75) is 0 Å². The van der Waals surface area contributed by atoms with Crippen molar-refractivity contribution in [2.24, 2.45) is 0 Å². The fourth-order valence-electron chi connectivity index (χ4n) is 0. The predicted octanol–water partition coefficient (Wildman–Crippen LogP) is -3.01. The Kier molecular flexibility index (Phi) is 308. The van der Waals surface area contributed by atoms with Crippen molar-refractivity contribution in [3.05, 3.63) is 0 Å². The van der Waals surface area contributed by atoms with Crippen molar-refractivity contribution in [3.63, 3.8) is 0 Å². The van der Waals surface area contributed by atoms with E-state index >= 15 is 0 Å². The van der Waals surface area contributed by atoms with Gasteiger partial charge in [-0.2, -0.15) is 0 Å². The van der Waals surface area contributed by atoms with E-state index in [2.05, 4.69) is 0 Å². The van der Waals surface area contributed by atoms with Gasteiger partial charge in [-0.15, -0.1) is 0 Å². The van der Waals surface area contributed by atoms with Crippen LogP contribution in [0.15, 0.2) is 0 Å². The molecule has 38 valence electrons. The molecule has 0 spiro atoms. The van der Waals surface area contributed by atoms with Gasteiger partial charge in [0.2, 0.25) is 0 Å². The Morgan fingerprint density at radius 2 is 1.33 bits per heavy atom. The van der Waals surface area contributed by atoms with E-state index < -0.39 is 0 Å². The van der Waals surface area contributed by atoms with E-state index in [0.717, 1.165) is 20.4 Å². The first-order chi connectivity index (χ1) is 1.00. The molecule has 1 nitrogen and oxygen atoms in total. The zero-order valence-electron chi connectivity index (χ0n) is 3.94. The van der Waals surface area contributed by atoms with Crippen LogP contribution >= 0.6 is 0 Å². The van der Waals surface area contributed by atoms with Gasteiger partial charge in [0.15, 0.2) is 0 Å². The van der Waals surface area contributed by atoms with Crippen LogP contribution in [0.4, 0.5) is 0 Å². The monoisotopic (exact) mass is 244 g/mol. The van der Waals surface area contributed by atoms with Gasteiger partial charge in [0.1, 0.15) is 0 Å². The molecule has 0 heterocycles. The minimum absolute atomic E-state index is 0. The third-order valence-electron chi connectivity index (χ3n) is 0. The number of hydrogen-bond donors (Lipinski definition) is 0. The van der Waals surface area contributed by atoms with Gasteiger partial charge in [-0.3, -0.25) is 0 Å². The van der Waals surface area contributed by atoms with Gasteiger partial charge < -0.3 is 1.43 Å². The summed E-state index contributed by atoms with van der Waals surface area (Å²) in [6.45, 7) is 0. The zero-order chi connectivity index (χ0) is 2.00. The quantitative estimate of drug-likeness (QED) is 0.415. The van der Waals surface area contributed by atoms with Crippen LogP contribution < -0.4 is 18.9 Å². The van der Waals surface area contributed by atoms with Crippen LogP contribution in [-0.4, -0.2) is 0 Å². The predicted molar refractivity (Wildman–Crippen MR) is 1.80 cm³/mol. The van der Waals surface area contributed by atoms with Crippen LogP contribution in [-0.2, 0) is 74.1 Å². The Morgan fingerprint density at radius 3 is 1.33 bits per heavy atom. The summed E-state index contributed by atoms with van der Waals surface area (Å²) in [5.41, 5.74) is 0. The standard InChI is InChI=1S/Co.Li.Mn.Ni.O.Ti.H/q;+1;;;;;-1. The molecule has 0 aromatic heterocycles. The Bertz CT molecular complexity index is 19.7. The molecule has 0 fully saturated rings. The average Bonchev–Trinajstić information content (AvgIpc) is 1.00. The first-order valence-corrected chi connectivity index (χ1v) is 0.842. The topological polar surface area (TPSA) is 17.1 Å². The third-order valence-corrected chi connectivity index (χ3v) is 0. The van der Waals surface area contributed by atoms with Crippen LogP contribution in [0, 0.1) is 0 Å². The average molecular weight is 244 g/mol. The van der Waals surface area contributed by atoms with E-state index in [9.17, 15) is 0 Å². The van der Waals surface area contributed by atoms with Gasteiger partial charge in [-0.1, -0.05) is 0 Å². The van der Waals surface area contributed by atoms with Crippen LogP contribution in [0.2, 0.25) is 0 Å². The van der Waals surface area contributed by atoms with Gasteiger partial charge in [0.25, 0.3) is 0 Å². The summed E-state index contributed by atoms with van der Waals surface area (Å²) >= 11 is 0.750. The van der Waals surface area contributed by atoms with Crippen molar-refractivity contribution >= 4 is 0 Å². The zero-order valence-corrected chi connectivity index (χ0v) is 7.71. The summed E-state index contributed by atoms with van der Waals surface area (Å²) < 4.78 is 8.25. The van der Waals surface area contributed by atoms with E-state index in [4.69, 9.17) is 3.32 Å². The van der Waals surface area contributed by atoms with Crippen molar-refractivity contribution in [1.82, 2.24) is 0 Å². The molecule has 0 aromatic rings. The summed E-state index contributed by atoms with van der Waals surface area (Å²) in [6, 6.07) is 0. The molecule has 2 radical (unpaired) electrons. The summed E-state index contributed by atoms with van der Waals surface area (Å²) in [6.07, 6.45) is 0. The Hall–Kier alpha value is 2.63. The summed E-state index contributed by atoms with van der Waals surface area (Å²) in [5, 5.41) is 0. The fraction of sp³-hybridized carbons (Fsp3) is 0. The van der Waals surface area contributed by atoms with Crippen molar-refractivity contribution in [2.75, 3.05) is 0 Å². The van der Waals surface area contributed by atoms with Gasteiger partial charge in [0.05, 0.1) is 0 Å². The van der Waals surface area contributed by atoms with Gasteiger partial charge in [-0.05, 0) is 0 Å². The second-order valence-corrected chi connectivity index (χ2v) is 0. The summed E-state index contributed by atoms with van der Waals surface area (Å²) in [7, 11) is 0. The Labute approximate surface area is 93.1 Å². The maximum atomic E-state index is 8.25. The maximum absolute atomic E-state index is 8.25. The van der Waals surface area contributed by atoms with Crippen molar-refractivity contribution in [1.29, 1.82) is 0 Å². The van der Waals surface area contributed by atoms with Crippen molar-refractivity contribution < 1.29 is 94.4 Å². The molecule has 0 aliphatic rings. The number of hydrogen-bond acceptors (Lipinski definition) is 1. The third kappa shape index (κ3) is 30.4. The Morgan fingerprint density at radius 1 is 1.33 bits per heavy atom. The molecule has 0 saturated carbocycles. The first-order valence-electron chi connectivity index (χ1n) is 0.204. The van der Waals surface area contributed by atoms with Crippen LogP contribution in [0.3, 0.4) is 0 Å². The molecule has 0 aliphatic heterocycles. The minimum atomic E-state index is 0. The van der Waals surface area contributed by atoms with Gasteiger partial charge in [0, 0.05) is 50.3 Å². The van der Waals surface area contributed by atoms with Crippen LogP contribution in [0.1, 0.15) is 1.43 Å². The molecule has 0 saturated heterocycles. The normalized spacial score (nSPS) is 0.500. The molecule has 6 heavy (non-hydrogen) atoms. The molecular formula is HCoLiMnNiOTi. The summed E-state index contributed by atoms with van der Waals surface area (Å²) in [4.78, 5) is 0. The van der Waals surface area contributed by atoms with Gasteiger partial charge >= 0.3 is 42.6 Å². The van der Waals surface area contributed by atoms with E-state index in [0.29, 0.717) is 0 Å². The SMILES string of the molecule is [Co].[H-].[Li+].[Mn].[Ni].[O]=[Ti]. The molecule has 0 N–H and O–H groups in total. The molecule has 0 unspecified atom stereocenters. The number of rotatable bonds is 0. The summed E-state index contributed by atoms with van der Waals surface area (Å²) in [5.74, 6) is 0. The molecule has 0 bridgehead atoms. The second-order valence-electron chi connectivity index (χ2n) is 0. The molecule has 0 aromatic carbocycles. The van der Waals surface area contributed by atoms with E-state index in [1.54, 1.807) is 0 Å². The van der Waals surface area contributed by atoms with E-state index in [1.807, 2.05) is 0 Å². The fourth-order valence-corrected chi connectivity index (χ4v) is 0. The van der Waals surface area contributed by atoms with Crippen LogP contribution in [0.25, 0.3) is 0 Å². The molecule has 0 aliphatic carbocycles. The first kappa shape index (κ1) is 38.1. The Balaban J connectivity index is -0.000000000500.